The van der Waals surface area contributed by atoms with Gasteiger partial charge in [-0.15, -0.1) is 0 Å². The molecule has 0 spiro atoms. The van der Waals surface area contributed by atoms with E-state index in [0.29, 0.717) is 10.8 Å². The van der Waals surface area contributed by atoms with Gasteiger partial charge in [-0.05, 0) is 125 Å². The average molecular weight is 413 g/mol. The van der Waals surface area contributed by atoms with Crippen molar-refractivity contribution in [2.45, 2.75) is 116 Å². The molecule has 4 aliphatic rings. The van der Waals surface area contributed by atoms with Crippen LogP contribution in [0.5, 0.6) is 0 Å². The second-order valence-electron chi connectivity index (χ2n) is 11.9. The van der Waals surface area contributed by atoms with Crippen molar-refractivity contribution < 1.29 is 10.2 Å². The monoisotopic (exact) mass is 412 g/mol. The Labute approximate surface area is 184 Å². The summed E-state index contributed by atoms with van der Waals surface area (Å²) in [5, 5.41) is 20.3. The molecule has 2 unspecified atom stereocenters. The highest BCUT2D eigenvalue weighted by molar-refractivity contribution is 5.38. The maximum Gasteiger partial charge on any atom is 0.0787 e. The number of allylic oxidation sites excluding steroid dienone is 3. The summed E-state index contributed by atoms with van der Waals surface area (Å²) in [5.74, 6) is 1.60. The number of aliphatic hydroxyl groups is 2. The third-order valence-corrected chi connectivity index (χ3v) is 9.30. The molecule has 30 heavy (non-hydrogen) atoms. The summed E-state index contributed by atoms with van der Waals surface area (Å²) in [5.41, 5.74) is 4.38. The van der Waals surface area contributed by atoms with E-state index in [1.165, 1.54) is 63.4 Å². The zero-order valence-electron chi connectivity index (χ0n) is 19.7. The number of hydrogen-bond donors (Lipinski definition) is 2. The highest BCUT2D eigenvalue weighted by Gasteiger charge is 2.60. The predicted octanol–water partition coefficient (Wildman–Crippen LogP) is 6.88. The lowest BCUT2D eigenvalue weighted by Crippen LogP contribution is -2.37. The van der Waals surface area contributed by atoms with Gasteiger partial charge in [-0.1, -0.05) is 37.6 Å². The molecule has 0 saturated heterocycles. The van der Waals surface area contributed by atoms with Crippen molar-refractivity contribution in [1.82, 2.24) is 0 Å². The van der Waals surface area contributed by atoms with Gasteiger partial charge in [0.15, 0.2) is 0 Å². The van der Waals surface area contributed by atoms with Crippen LogP contribution in [-0.2, 0) is 0 Å². The summed E-state index contributed by atoms with van der Waals surface area (Å²) in [4.78, 5) is 0. The van der Waals surface area contributed by atoms with Gasteiger partial charge in [0.1, 0.15) is 0 Å². The van der Waals surface area contributed by atoms with Crippen LogP contribution in [0.25, 0.3) is 0 Å². The number of fused-ring (bicyclic) bond motifs is 1. The molecule has 168 valence electrons. The van der Waals surface area contributed by atoms with E-state index in [9.17, 15) is 10.2 Å². The molecule has 2 nitrogen and oxygen atoms in total. The zero-order chi connectivity index (χ0) is 21.6. The maximum absolute atomic E-state index is 10.2. The number of aliphatic hydroxyl groups excluding tert-OH is 1. The van der Waals surface area contributed by atoms with Crippen LogP contribution in [0, 0.1) is 22.7 Å². The molecule has 4 aliphatic carbocycles. The molecule has 0 aromatic heterocycles. The Morgan fingerprint density at radius 1 is 1.07 bits per heavy atom. The third-order valence-electron chi connectivity index (χ3n) is 9.30. The Hall–Kier alpha value is -0.860. The molecular formula is C28H44O2. The summed E-state index contributed by atoms with van der Waals surface area (Å²) in [7, 11) is 0. The van der Waals surface area contributed by atoms with E-state index >= 15 is 0 Å². The molecule has 4 atom stereocenters. The Morgan fingerprint density at radius 3 is 2.53 bits per heavy atom. The number of rotatable bonds is 6. The van der Waals surface area contributed by atoms with Crippen molar-refractivity contribution in [2.24, 2.45) is 22.7 Å². The molecule has 2 heteroatoms. The molecule has 0 amide bonds. The van der Waals surface area contributed by atoms with Crippen molar-refractivity contribution in [3.8, 4) is 0 Å². The third kappa shape index (κ3) is 4.37. The van der Waals surface area contributed by atoms with E-state index in [2.05, 4.69) is 25.7 Å². The molecule has 0 bridgehead atoms. The van der Waals surface area contributed by atoms with Crippen LogP contribution in [0.15, 0.2) is 35.5 Å². The largest absolute Gasteiger partial charge is 0.390 e. The van der Waals surface area contributed by atoms with Gasteiger partial charge in [0.05, 0.1) is 11.7 Å². The minimum Gasteiger partial charge on any atom is -0.390 e. The first-order chi connectivity index (χ1) is 14.1. The molecule has 2 N–H and O–H groups in total. The van der Waals surface area contributed by atoms with Gasteiger partial charge in [-0.3, -0.25) is 0 Å². The zero-order valence-corrected chi connectivity index (χ0v) is 19.7. The average Bonchev–Trinajstić information content (AvgIpc) is 3.35. The Balaban J connectivity index is 1.48. The van der Waals surface area contributed by atoms with Crippen molar-refractivity contribution >= 4 is 0 Å². The molecule has 0 aliphatic heterocycles. The van der Waals surface area contributed by atoms with Crippen LogP contribution in [0.3, 0.4) is 0 Å². The first kappa shape index (κ1) is 22.3. The molecule has 0 radical (unpaired) electrons. The molecule has 0 aromatic rings. The first-order valence-electron chi connectivity index (χ1n) is 12.6. The van der Waals surface area contributed by atoms with Gasteiger partial charge in [0.2, 0.25) is 0 Å². The fourth-order valence-electron chi connectivity index (χ4n) is 7.48. The maximum atomic E-state index is 10.2. The van der Waals surface area contributed by atoms with Crippen LogP contribution < -0.4 is 0 Å². The summed E-state index contributed by atoms with van der Waals surface area (Å²) in [6, 6.07) is 0. The lowest BCUT2D eigenvalue weighted by molar-refractivity contribution is 0.0521. The van der Waals surface area contributed by atoms with E-state index < -0.39 is 5.60 Å². The van der Waals surface area contributed by atoms with Crippen LogP contribution in [0.1, 0.15) is 104 Å². The lowest BCUT2D eigenvalue weighted by atomic mass is 9.59. The SMILES string of the molecule is C=C1/C(=C\C=C2/CCC[C@@]3(C)C2CCC3C2(CCCC(C)(C)O)CC2)CCC[C@@H]1O. The lowest BCUT2D eigenvalue weighted by Gasteiger charge is -2.45. The van der Waals surface area contributed by atoms with Gasteiger partial charge in [0.25, 0.3) is 0 Å². The van der Waals surface area contributed by atoms with Gasteiger partial charge in [-0.25, -0.2) is 0 Å². The summed E-state index contributed by atoms with van der Waals surface area (Å²) in [6.45, 7) is 10.7. The Bertz CT molecular complexity index is 717. The molecule has 4 fully saturated rings. The smallest absolute Gasteiger partial charge is 0.0787 e. The van der Waals surface area contributed by atoms with Crippen molar-refractivity contribution in [3.05, 3.63) is 35.5 Å². The van der Waals surface area contributed by atoms with Crippen LogP contribution in [0.4, 0.5) is 0 Å². The second kappa shape index (κ2) is 8.24. The van der Waals surface area contributed by atoms with Gasteiger partial charge in [0, 0.05) is 0 Å². The second-order valence-corrected chi connectivity index (χ2v) is 11.9. The van der Waals surface area contributed by atoms with Gasteiger partial charge in [-0.2, -0.15) is 0 Å². The fourth-order valence-corrected chi connectivity index (χ4v) is 7.48. The van der Waals surface area contributed by atoms with Crippen molar-refractivity contribution in [1.29, 1.82) is 0 Å². The van der Waals surface area contributed by atoms with Gasteiger partial charge < -0.3 is 10.2 Å². The molecular weight excluding hydrogens is 368 g/mol. The van der Waals surface area contributed by atoms with E-state index in [4.69, 9.17) is 0 Å². The Kier molecular flexibility index (Phi) is 6.14. The highest BCUT2D eigenvalue weighted by Crippen LogP contribution is 2.70. The molecule has 4 rings (SSSR count). The topological polar surface area (TPSA) is 40.5 Å². The fraction of sp³-hybridized carbons (Fsp3) is 0.786. The van der Waals surface area contributed by atoms with Crippen molar-refractivity contribution in [3.63, 3.8) is 0 Å². The summed E-state index contributed by atoms with van der Waals surface area (Å²) in [6.07, 6.45) is 20.3. The minimum atomic E-state index is -0.525. The molecule has 4 saturated carbocycles. The van der Waals surface area contributed by atoms with Crippen LogP contribution in [-0.4, -0.2) is 21.9 Å². The van der Waals surface area contributed by atoms with E-state index in [1.807, 2.05) is 13.8 Å². The van der Waals surface area contributed by atoms with E-state index in [0.717, 1.165) is 43.1 Å². The predicted molar refractivity (Wildman–Crippen MR) is 125 cm³/mol. The summed E-state index contributed by atoms with van der Waals surface area (Å²) < 4.78 is 0. The van der Waals surface area contributed by atoms with Crippen LogP contribution >= 0.6 is 0 Å². The normalized spacial score (nSPS) is 38.8. The first-order valence-corrected chi connectivity index (χ1v) is 12.6. The minimum absolute atomic E-state index is 0.338. The van der Waals surface area contributed by atoms with Crippen LogP contribution in [0.2, 0.25) is 0 Å². The molecule has 0 heterocycles. The van der Waals surface area contributed by atoms with Gasteiger partial charge >= 0.3 is 0 Å². The summed E-state index contributed by atoms with van der Waals surface area (Å²) >= 11 is 0. The van der Waals surface area contributed by atoms with E-state index in [-0.39, 0.29) is 6.10 Å². The quantitative estimate of drug-likeness (QED) is 0.499. The molecule has 0 aromatic carbocycles. The highest BCUT2D eigenvalue weighted by atomic mass is 16.3. The number of hydrogen-bond acceptors (Lipinski definition) is 2. The van der Waals surface area contributed by atoms with E-state index in [1.54, 1.807) is 5.57 Å². The standard InChI is InChI=1S/C28H44O2/c1-20-21(8-5-10-24(20)29)11-12-22-9-6-16-27(4)23(22)13-14-25(27)28(18-19-28)17-7-15-26(2,3)30/h11-12,23-25,29-30H,1,5-10,13-19H2,2-4H3/b21-11-,22-12+/t23?,24-,25?,27-/m0/s1. The Morgan fingerprint density at radius 2 is 1.83 bits per heavy atom. The van der Waals surface area contributed by atoms with Crippen molar-refractivity contribution in [2.75, 3.05) is 0 Å².